The van der Waals surface area contributed by atoms with Crippen LogP contribution in [0.1, 0.15) is 290 Å². The molecular weight excluding hydrogens is 733 g/mol. The molecule has 0 aromatic carbocycles. The number of rotatable bonds is 48. The van der Waals surface area contributed by atoms with Crippen LogP contribution in [0.3, 0.4) is 0 Å². The average molecular weight is 833 g/mol. The predicted octanol–water partition coefficient (Wildman–Crippen LogP) is 17.0. The molecule has 0 radical (unpaired) electrons. The van der Waals surface area contributed by atoms with Gasteiger partial charge in [0.1, 0.15) is 13.2 Å². The molecule has 6 heteroatoms. The largest absolute Gasteiger partial charge is 0.462 e. The maximum Gasteiger partial charge on any atom is 0.306 e. The van der Waals surface area contributed by atoms with Crippen molar-refractivity contribution >= 4 is 17.9 Å². The first-order valence-corrected chi connectivity index (χ1v) is 26.2. The van der Waals surface area contributed by atoms with Gasteiger partial charge in [-0.3, -0.25) is 14.4 Å². The second kappa shape index (κ2) is 48.8. The first-order chi connectivity index (χ1) is 29.0. The molecule has 0 saturated heterocycles. The summed E-state index contributed by atoms with van der Waals surface area (Å²) in [5.41, 5.74) is 0. The molecule has 348 valence electrons. The highest BCUT2D eigenvalue weighted by Gasteiger charge is 2.19. The molecule has 0 aromatic heterocycles. The van der Waals surface area contributed by atoms with Gasteiger partial charge in [-0.15, -0.1) is 0 Å². The number of ether oxygens (including phenoxy) is 3. The van der Waals surface area contributed by atoms with Gasteiger partial charge in [-0.1, -0.05) is 238 Å². The highest BCUT2D eigenvalue weighted by Crippen LogP contribution is 2.16. The van der Waals surface area contributed by atoms with Crippen LogP contribution in [-0.4, -0.2) is 37.2 Å². The summed E-state index contributed by atoms with van der Waals surface area (Å²) in [6, 6.07) is 0. The third-order valence-electron chi connectivity index (χ3n) is 11.8. The molecule has 0 fully saturated rings. The standard InChI is InChI=1S/C53H100O6/c1-4-7-10-13-16-18-20-22-24-25-26-27-28-30-31-33-35-37-40-43-46-52(55)58-49-50(48-57-51(54)45-42-39-15-12-9-6-3)59-53(56)47-44-41-38-36-34-32-29-23-21-19-17-14-11-8-5-2/h23,29,50H,4-22,24-28,30-49H2,1-3H3/b29-23-. The lowest BCUT2D eigenvalue weighted by molar-refractivity contribution is -0.167. The molecule has 1 unspecified atom stereocenters. The Hall–Kier alpha value is -1.85. The lowest BCUT2D eigenvalue weighted by atomic mass is 10.0. The summed E-state index contributed by atoms with van der Waals surface area (Å²) in [6.45, 7) is 6.60. The monoisotopic (exact) mass is 833 g/mol. The molecule has 0 heterocycles. The van der Waals surface area contributed by atoms with E-state index < -0.39 is 6.10 Å². The number of esters is 3. The third-order valence-corrected chi connectivity index (χ3v) is 11.8. The summed E-state index contributed by atoms with van der Waals surface area (Å²) in [5.74, 6) is -0.872. The van der Waals surface area contributed by atoms with E-state index in [9.17, 15) is 14.4 Å². The zero-order chi connectivity index (χ0) is 43.0. The first kappa shape index (κ1) is 57.1. The van der Waals surface area contributed by atoms with Crippen LogP contribution in [0, 0.1) is 0 Å². The maximum absolute atomic E-state index is 12.7. The summed E-state index contributed by atoms with van der Waals surface area (Å²) in [7, 11) is 0. The fourth-order valence-corrected chi connectivity index (χ4v) is 7.79. The first-order valence-electron chi connectivity index (χ1n) is 26.2. The Bertz CT molecular complexity index is 916. The molecule has 0 aliphatic rings. The summed E-state index contributed by atoms with van der Waals surface area (Å²) in [6.07, 6.45) is 53.7. The number of carbonyl (C=O) groups is 3. The molecule has 0 aliphatic carbocycles. The normalized spacial score (nSPS) is 12.0. The van der Waals surface area contributed by atoms with Crippen molar-refractivity contribution in [1.82, 2.24) is 0 Å². The van der Waals surface area contributed by atoms with Gasteiger partial charge >= 0.3 is 17.9 Å². The Morgan fingerprint density at radius 3 is 0.847 bits per heavy atom. The number of hydrogen-bond donors (Lipinski definition) is 0. The van der Waals surface area contributed by atoms with E-state index in [1.54, 1.807) is 0 Å². The Balaban J connectivity index is 4.14. The van der Waals surface area contributed by atoms with Gasteiger partial charge in [0.15, 0.2) is 6.10 Å². The molecule has 6 nitrogen and oxygen atoms in total. The van der Waals surface area contributed by atoms with Gasteiger partial charge < -0.3 is 14.2 Å². The Morgan fingerprint density at radius 1 is 0.322 bits per heavy atom. The zero-order valence-electron chi connectivity index (χ0n) is 39.8. The van der Waals surface area contributed by atoms with Crippen LogP contribution in [0.15, 0.2) is 12.2 Å². The Labute approximate surface area is 367 Å². The highest BCUT2D eigenvalue weighted by molar-refractivity contribution is 5.71. The molecule has 59 heavy (non-hydrogen) atoms. The number of hydrogen-bond acceptors (Lipinski definition) is 6. The number of allylic oxidation sites excluding steroid dienone is 2. The van der Waals surface area contributed by atoms with Crippen LogP contribution in [0.2, 0.25) is 0 Å². The van der Waals surface area contributed by atoms with Gasteiger partial charge in [0.05, 0.1) is 0 Å². The fraction of sp³-hybridized carbons (Fsp3) is 0.906. The van der Waals surface area contributed by atoms with E-state index in [1.165, 1.54) is 186 Å². The lowest BCUT2D eigenvalue weighted by Crippen LogP contribution is -2.30. The summed E-state index contributed by atoms with van der Waals surface area (Å²) in [4.78, 5) is 37.7. The van der Waals surface area contributed by atoms with E-state index >= 15 is 0 Å². The third kappa shape index (κ3) is 47.1. The van der Waals surface area contributed by atoms with Gasteiger partial charge in [0.25, 0.3) is 0 Å². The van der Waals surface area contributed by atoms with E-state index in [0.717, 1.165) is 64.2 Å². The molecule has 0 N–H and O–H groups in total. The van der Waals surface area contributed by atoms with Crippen LogP contribution in [0.5, 0.6) is 0 Å². The fourth-order valence-electron chi connectivity index (χ4n) is 7.79. The minimum absolute atomic E-state index is 0.0690. The van der Waals surface area contributed by atoms with Crippen molar-refractivity contribution in [3.05, 3.63) is 12.2 Å². The van der Waals surface area contributed by atoms with Crippen LogP contribution < -0.4 is 0 Å². The molecule has 0 aromatic rings. The second-order valence-electron chi connectivity index (χ2n) is 17.8. The minimum Gasteiger partial charge on any atom is -0.462 e. The molecule has 0 saturated carbocycles. The van der Waals surface area contributed by atoms with Gasteiger partial charge in [0.2, 0.25) is 0 Å². The van der Waals surface area contributed by atoms with Crippen molar-refractivity contribution in [2.75, 3.05) is 13.2 Å². The molecular formula is C53H100O6. The minimum atomic E-state index is -0.766. The molecule has 0 amide bonds. The molecule has 0 bridgehead atoms. The predicted molar refractivity (Wildman–Crippen MR) is 252 cm³/mol. The Kier molecular flexibility index (Phi) is 47.3. The van der Waals surface area contributed by atoms with Gasteiger partial charge in [-0.25, -0.2) is 0 Å². The summed E-state index contributed by atoms with van der Waals surface area (Å²) >= 11 is 0. The van der Waals surface area contributed by atoms with E-state index in [4.69, 9.17) is 14.2 Å². The van der Waals surface area contributed by atoms with Crippen molar-refractivity contribution in [2.45, 2.75) is 297 Å². The van der Waals surface area contributed by atoms with Crippen molar-refractivity contribution < 1.29 is 28.6 Å². The second-order valence-corrected chi connectivity index (χ2v) is 17.8. The Morgan fingerprint density at radius 2 is 0.559 bits per heavy atom. The maximum atomic E-state index is 12.7. The van der Waals surface area contributed by atoms with Crippen molar-refractivity contribution in [3.8, 4) is 0 Å². The molecule has 0 aliphatic heterocycles. The van der Waals surface area contributed by atoms with E-state index in [0.29, 0.717) is 19.3 Å². The zero-order valence-corrected chi connectivity index (χ0v) is 39.8. The van der Waals surface area contributed by atoms with Crippen LogP contribution in [0.25, 0.3) is 0 Å². The summed E-state index contributed by atoms with van der Waals surface area (Å²) < 4.78 is 16.7. The average Bonchev–Trinajstić information content (AvgIpc) is 3.23. The summed E-state index contributed by atoms with van der Waals surface area (Å²) in [5, 5.41) is 0. The van der Waals surface area contributed by atoms with Gasteiger partial charge in [-0.2, -0.15) is 0 Å². The van der Waals surface area contributed by atoms with Crippen molar-refractivity contribution in [2.24, 2.45) is 0 Å². The molecule has 1 atom stereocenters. The van der Waals surface area contributed by atoms with Crippen LogP contribution in [0.4, 0.5) is 0 Å². The topological polar surface area (TPSA) is 78.9 Å². The number of carbonyl (C=O) groups excluding carboxylic acids is 3. The SMILES string of the molecule is CCCCCCCC/C=C\CCCCCCCC(=O)OC(COC(=O)CCCCCCCC)COC(=O)CCCCCCCCCCCCCCCCCCCCCC. The van der Waals surface area contributed by atoms with Crippen LogP contribution >= 0.6 is 0 Å². The molecule has 0 rings (SSSR count). The smallest absolute Gasteiger partial charge is 0.306 e. The van der Waals surface area contributed by atoms with Crippen molar-refractivity contribution in [1.29, 1.82) is 0 Å². The number of unbranched alkanes of at least 4 members (excludes halogenated alkanes) is 35. The van der Waals surface area contributed by atoms with E-state index in [2.05, 4.69) is 32.9 Å². The van der Waals surface area contributed by atoms with Gasteiger partial charge in [0, 0.05) is 19.3 Å². The highest BCUT2D eigenvalue weighted by atomic mass is 16.6. The quantitative estimate of drug-likeness (QED) is 0.0263. The lowest BCUT2D eigenvalue weighted by Gasteiger charge is -2.18. The van der Waals surface area contributed by atoms with Gasteiger partial charge in [-0.05, 0) is 44.9 Å². The van der Waals surface area contributed by atoms with Crippen molar-refractivity contribution in [3.63, 3.8) is 0 Å². The van der Waals surface area contributed by atoms with E-state index in [-0.39, 0.29) is 31.1 Å². The van der Waals surface area contributed by atoms with E-state index in [1.807, 2.05) is 0 Å². The molecule has 0 spiro atoms. The van der Waals surface area contributed by atoms with Crippen LogP contribution in [-0.2, 0) is 28.6 Å².